The zero-order valence-electron chi connectivity index (χ0n) is 11.6. The predicted octanol–water partition coefficient (Wildman–Crippen LogP) is 0.412. The van der Waals surface area contributed by atoms with E-state index in [0.717, 1.165) is 0 Å². The summed E-state index contributed by atoms with van der Waals surface area (Å²) in [4.78, 5) is 34.7. The highest BCUT2D eigenvalue weighted by atomic mass is 16.6. The molecule has 0 aromatic heterocycles. The van der Waals surface area contributed by atoms with Gasteiger partial charge in [-0.1, -0.05) is 0 Å². The lowest BCUT2D eigenvalue weighted by Crippen LogP contribution is -2.67. The summed E-state index contributed by atoms with van der Waals surface area (Å²) in [7, 11) is 1.20. The van der Waals surface area contributed by atoms with E-state index in [0.29, 0.717) is 0 Å². The van der Waals surface area contributed by atoms with Gasteiger partial charge in [0, 0.05) is 0 Å². The van der Waals surface area contributed by atoms with Crippen LogP contribution in [-0.2, 0) is 23.8 Å². The fraction of sp³-hybridized carbons (Fsp3) is 0.750. The highest BCUT2D eigenvalue weighted by molar-refractivity contribution is 6.03. The van der Waals surface area contributed by atoms with Crippen LogP contribution in [0, 0.1) is 0 Å². The second-order valence-electron chi connectivity index (χ2n) is 5.38. The number of alkyl carbamates (subject to hydrolysis) is 1. The van der Waals surface area contributed by atoms with Crippen LogP contribution in [0.25, 0.3) is 0 Å². The second-order valence-corrected chi connectivity index (χ2v) is 5.38. The van der Waals surface area contributed by atoms with Crippen LogP contribution in [0.15, 0.2) is 0 Å². The van der Waals surface area contributed by atoms with Crippen molar-refractivity contribution in [1.29, 1.82) is 0 Å². The molecule has 7 heteroatoms. The zero-order chi connectivity index (χ0) is 14.7. The molecule has 0 aromatic rings. The Balaban J connectivity index is 2.63. The third-order valence-corrected chi connectivity index (χ3v) is 2.50. The minimum Gasteiger partial charge on any atom is -0.469 e. The molecule has 0 atom stereocenters. The van der Waals surface area contributed by atoms with Gasteiger partial charge in [-0.3, -0.25) is 9.59 Å². The van der Waals surface area contributed by atoms with Crippen LogP contribution in [0.3, 0.4) is 0 Å². The molecule has 1 heterocycles. The fourth-order valence-corrected chi connectivity index (χ4v) is 1.48. The standard InChI is InChI=1S/C12H19NO6/c1-11(2,3)19-10(16)13-12(6-18-7-12)8(14)5-9(15)17-4/h5-7H2,1-4H3,(H,13,16). The van der Waals surface area contributed by atoms with E-state index in [-0.39, 0.29) is 13.2 Å². The minimum atomic E-state index is -1.18. The molecular weight excluding hydrogens is 254 g/mol. The molecule has 0 aliphatic carbocycles. The third kappa shape index (κ3) is 4.20. The van der Waals surface area contributed by atoms with Gasteiger partial charge in [0.05, 0.1) is 20.3 Å². The molecule has 1 amide bonds. The van der Waals surface area contributed by atoms with E-state index in [1.165, 1.54) is 7.11 Å². The van der Waals surface area contributed by atoms with Crippen LogP contribution >= 0.6 is 0 Å². The molecule has 0 aromatic carbocycles. The Morgan fingerprint density at radius 2 is 1.84 bits per heavy atom. The normalized spacial score (nSPS) is 17.1. The van der Waals surface area contributed by atoms with Crippen molar-refractivity contribution >= 4 is 17.8 Å². The number of nitrogens with one attached hydrogen (secondary N) is 1. The van der Waals surface area contributed by atoms with Gasteiger partial charge in [0.2, 0.25) is 0 Å². The van der Waals surface area contributed by atoms with Crippen molar-refractivity contribution in [2.24, 2.45) is 0 Å². The predicted molar refractivity (Wildman–Crippen MR) is 64.6 cm³/mol. The molecule has 0 saturated carbocycles. The molecule has 0 spiro atoms. The van der Waals surface area contributed by atoms with Crippen molar-refractivity contribution in [3.63, 3.8) is 0 Å². The first kappa shape index (κ1) is 15.4. The number of esters is 1. The maximum atomic E-state index is 12.0. The van der Waals surface area contributed by atoms with E-state index in [2.05, 4.69) is 10.1 Å². The third-order valence-electron chi connectivity index (χ3n) is 2.50. The minimum absolute atomic E-state index is 0.0298. The summed E-state index contributed by atoms with van der Waals surface area (Å²) in [6, 6.07) is 0. The number of rotatable bonds is 4. The molecule has 0 unspecified atom stereocenters. The molecule has 19 heavy (non-hydrogen) atoms. The van der Waals surface area contributed by atoms with Crippen LogP contribution < -0.4 is 5.32 Å². The Morgan fingerprint density at radius 1 is 1.26 bits per heavy atom. The molecule has 1 N–H and O–H groups in total. The molecule has 108 valence electrons. The van der Waals surface area contributed by atoms with Crippen molar-refractivity contribution in [1.82, 2.24) is 5.32 Å². The Hall–Kier alpha value is -1.63. The largest absolute Gasteiger partial charge is 0.469 e. The quantitative estimate of drug-likeness (QED) is 0.589. The van der Waals surface area contributed by atoms with E-state index >= 15 is 0 Å². The Labute approximate surface area is 111 Å². The number of carbonyl (C=O) groups is 3. The van der Waals surface area contributed by atoms with Crippen LogP contribution in [-0.4, -0.2) is 49.3 Å². The van der Waals surface area contributed by atoms with Crippen molar-refractivity contribution in [3.8, 4) is 0 Å². The first-order valence-corrected chi connectivity index (χ1v) is 5.87. The molecule has 1 aliphatic rings. The first-order chi connectivity index (χ1) is 8.68. The van der Waals surface area contributed by atoms with Gasteiger partial charge >= 0.3 is 12.1 Å². The van der Waals surface area contributed by atoms with Gasteiger partial charge in [-0.05, 0) is 20.8 Å². The van der Waals surface area contributed by atoms with Crippen molar-refractivity contribution in [2.75, 3.05) is 20.3 Å². The van der Waals surface area contributed by atoms with Gasteiger partial charge in [0.15, 0.2) is 5.78 Å². The van der Waals surface area contributed by atoms with E-state index < -0.39 is 35.4 Å². The van der Waals surface area contributed by atoms with E-state index in [4.69, 9.17) is 9.47 Å². The van der Waals surface area contributed by atoms with Crippen LogP contribution in [0.1, 0.15) is 27.2 Å². The number of carbonyl (C=O) groups excluding carboxylic acids is 3. The monoisotopic (exact) mass is 273 g/mol. The number of Topliss-reactive ketones (excluding diaryl/α,β-unsaturated/α-hetero) is 1. The molecule has 1 rings (SSSR count). The maximum Gasteiger partial charge on any atom is 0.408 e. The first-order valence-electron chi connectivity index (χ1n) is 5.87. The molecule has 7 nitrogen and oxygen atoms in total. The summed E-state index contributed by atoms with van der Waals surface area (Å²) in [6.45, 7) is 5.20. The summed E-state index contributed by atoms with van der Waals surface area (Å²) < 4.78 is 14.5. The number of hydrogen-bond donors (Lipinski definition) is 1. The Bertz CT molecular complexity index is 380. The smallest absolute Gasteiger partial charge is 0.408 e. The van der Waals surface area contributed by atoms with Crippen molar-refractivity contribution in [3.05, 3.63) is 0 Å². The summed E-state index contributed by atoms with van der Waals surface area (Å²) in [6.07, 6.45) is -1.12. The number of hydrogen-bond acceptors (Lipinski definition) is 6. The highest BCUT2D eigenvalue weighted by Gasteiger charge is 2.48. The van der Waals surface area contributed by atoms with Crippen LogP contribution in [0.5, 0.6) is 0 Å². The lowest BCUT2D eigenvalue weighted by atomic mass is 9.90. The molecule has 0 radical (unpaired) electrons. The molecule has 1 aliphatic heterocycles. The molecule has 1 saturated heterocycles. The summed E-state index contributed by atoms with van der Waals surface area (Å²) in [5, 5.41) is 2.47. The molecule has 0 bridgehead atoms. The number of amides is 1. The Morgan fingerprint density at radius 3 is 2.21 bits per heavy atom. The lowest BCUT2D eigenvalue weighted by Gasteiger charge is -2.40. The molecule has 1 fully saturated rings. The number of methoxy groups -OCH3 is 1. The number of ether oxygens (including phenoxy) is 3. The van der Waals surface area contributed by atoms with Crippen molar-refractivity contribution in [2.45, 2.75) is 38.3 Å². The fourth-order valence-electron chi connectivity index (χ4n) is 1.48. The SMILES string of the molecule is COC(=O)CC(=O)C1(NC(=O)OC(C)(C)C)COC1. The van der Waals surface area contributed by atoms with Gasteiger partial charge in [0.1, 0.15) is 17.6 Å². The summed E-state index contributed by atoms with van der Waals surface area (Å²) in [5.74, 6) is -1.10. The summed E-state index contributed by atoms with van der Waals surface area (Å²) in [5.41, 5.74) is -1.85. The average molecular weight is 273 g/mol. The average Bonchev–Trinajstić information content (AvgIpc) is 2.20. The highest BCUT2D eigenvalue weighted by Crippen LogP contribution is 2.21. The number of ketones is 1. The maximum absolute atomic E-state index is 12.0. The van der Waals surface area contributed by atoms with Gasteiger partial charge < -0.3 is 19.5 Å². The van der Waals surface area contributed by atoms with E-state index in [1.807, 2.05) is 0 Å². The van der Waals surface area contributed by atoms with Gasteiger partial charge in [0.25, 0.3) is 0 Å². The van der Waals surface area contributed by atoms with E-state index in [9.17, 15) is 14.4 Å². The second kappa shape index (κ2) is 5.56. The van der Waals surface area contributed by atoms with Crippen LogP contribution in [0.4, 0.5) is 4.79 Å². The van der Waals surface area contributed by atoms with Crippen LogP contribution in [0.2, 0.25) is 0 Å². The summed E-state index contributed by atoms with van der Waals surface area (Å²) >= 11 is 0. The zero-order valence-corrected chi connectivity index (χ0v) is 11.6. The van der Waals surface area contributed by atoms with E-state index in [1.54, 1.807) is 20.8 Å². The molecular formula is C12H19NO6. The Kier molecular flexibility index (Phi) is 4.52. The lowest BCUT2D eigenvalue weighted by molar-refractivity contribution is -0.153. The van der Waals surface area contributed by atoms with Gasteiger partial charge in [-0.15, -0.1) is 0 Å². The van der Waals surface area contributed by atoms with Crippen molar-refractivity contribution < 1.29 is 28.6 Å². The van der Waals surface area contributed by atoms with Gasteiger partial charge in [-0.25, -0.2) is 4.79 Å². The topological polar surface area (TPSA) is 90.9 Å². The van der Waals surface area contributed by atoms with Gasteiger partial charge in [-0.2, -0.15) is 0 Å².